The predicted octanol–water partition coefficient (Wildman–Crippen LogP) is 4.20. The highest BCUT2D eigenvalue weighted by Gasteiger charge is 2.35. The van der Waals surface area contributed by atoms with Gasteiger partial charge < -0.3 is 5.73 Å². The molecule has 20 heavy (non-hydrogen) atoms. The molecule has 1 aromatic carbocycles. The quantitative estimate of drug-likeness (QED) is 0.662. The maximum absolute atomic E-state index is 10.7. The van der Waals surface area contributed by atoms with Gasteiger partial charge >= 0.3 is 0 Å². The Bertz CT molecular complexity index is 519. The molecule has 1 aliphatic carbocycles. The van der Waals surface area contributed by atoms with E-state index in [1.807, 2.05) is 6.07 Å². The molecule has 1 aliphatic rings. The van der Waals surface area contributed by atoms with Crippen LogP contribution < -0.4 is 5.73 Å². The van der Waals surface area contributed by atoms with Crippen LogP contribution in [0.15, 0.2) is 22.7 Å². The molecular weight excluding hydrogens is 320 g/mol. The van der Waals surface area contributed by atoms with Crippen LogP contribution in [0.5, 0.6) is 0 Å². The standard InChI is InChI=1S/C15H21BrN2O2/c1-14(2)5-7-15(17,8-6-14)10-11-3-4-12(18(19)20)9-13(11)16/h3-4,9H,5-8,10,17H2,1-2H3. The van der Waals surface area contributed by atoms with Gasteiger partial charge in [-0.15, -0.1) is 0 Å². The number of benzene rings is 1. The summed E-state index contributed by atoms with van der Waals surface area (Å²) in [5.41, 5.74) is 7.88. The summed E-state index contributed by atoms with van der Waals surface area (Å²) in [5, 5.41) is 10.7. The molecule has 0 amide bonds. The second-order valence-electron chi connectivity index (χ2n) is 6.74. The summed E-state index contributed by atoms with van der Waals surface area (Å²) in [6.07, 6.45) is 5.04. The zero-order chi connectivity index (χ0) is 15.0. The van der Waals surface area contributed by atoms with Crippen LogP contribution in [0.4, 0.5) is 5.69 Å². The lowest BCUT2D eigenvalue weighted by Gasteiger charge is -2.41. The Morgan fingerprint density at radius 2 is 1.90 bits per heavy atom. The highest BCUT2D eigenvalue weighted by Crippen LogP contribution is 2.41. The molecule has 5 heteroatoms. The first kappa shape index (κ1) is 15.4. The second kappa shape index (κ2) is 5.45. The average molecular weight is 341 g/mol. The number of non-ortho nitro benzene ring substituents is 1. The third-order valence-electron chi connectivity index (χ3n) is 4.39. The lowest BCUT2D eigenvalue weighted by Crippen LogP contribution is -2.46. The molecule has 0 spiro atoms. The van der Waals surface area contributed by atoms with Gasteiger partial charge in [-0.25, -0.2) is 0 Å². The summed E-state index contributed by atoms with van der Waals surface area (Å²) in [7, 11) is 0. The van der Waals surface area contributed by atoms with Gasteiger partial charge in [0.25, 0.3) is 5.69 Å². The fourth-order valence-corrected chi connectivity index (χ4v) is 3.28. The summed E-state index contributed by atoms with van der Waals surface area (Å²) < 4.78 is 0.779. The SMILES string of the molecule is CC1(C)CCC(N)(Cc2ccc([N+](=O)[O-])cc2Br)CC1. The van der Waals surface area contributed by atoms with Gasteiger partial charge in [0.15, 0.2) is 0 Å². The van der Waals surface area contributed by atoms with Gasteiger partial charge in [0.2, 0.25) is 0 Å². The highest BCUT2D eigenvalue weighted by molar-refractivity contribution is 9.10. The minimum atomic E-state index is -0.379. The van der Waals surface area contributed by atoms with E-state index >= 15 is 0 Å². The van der Waals surface area contributed by atoms with Crippen LogP contribution in [-0.4, -0.2) is 10.5 Å². The van der Waals surface area contributed by atoms with Gasteiger partial charge in [0.1, 0.15) is 0 Å². The molecular formula is C15H21BrN2O2. The first-order valence-corrected chi connectivity index (χ1v) is 7.72. The van der Waals surface area contributed by atoms with Crippen molar-refractivity contribution in [2.45, 2.75) is 51.5 Å². The maximum atomic E-state index is 10.7. The lowest BCUT2D eigenvalue weighted by atomic mass is 9.68. The Morgan fingerprint density at radius 3 is 2.40 bits per heavy atom. The minimum absolute atomic E-state index is 0.108. The van der Waals surface area contributed by atoms with E-state index in [4.69, 9.17) is 5.73 Å². The number of nitrogens with two attached hydrogens (primary N) is 1. The van der Waals surface area contributed by atoms with Gasteiger partial charge in [-0.1, -0.05) is 35.8 Å². The van der Waals surface area contributed by atoms with Gasteiger partial charge in [-0.3, -0.25) is 10.1 Å². The second-order valence-corrected chi connectivity index (χ2v) is 7.59. The third kappa shape index (κ3) is 3.58. The first-order valence-electron chi connectivity index (χ1n) is 6.93. The van der Waals surface area contributed by atoms with Crippen LogP contribution in [0.3, 0.4) is 0 Å². The summed E-state index contributed by atoms with van der Waals surface area (Å²) >= 11 is 3.43. The molecule has 0 aromatic heterocycles. The van der Waals surface area contributed by atoms with Crippen LogP contribution in [0, 0.1) is 15.5 Å². The molecule has 2 N–H and O–H groups in total. The number of halogens is 1. The van der Waals surface area contributed by atoms with Gasteiger partial charge in [0.05, 0.1) is 4.92 Å². The largest absolute Gasteiger partial charge is 0.325 e. The third-order valence-corrected chi connectivity index (χ3v) is 5.13. The lowest BCUT2D eigenvalue weighted by molar-refractivity contribution is -0.384. The zero-order valence-electron chi connectivity index (χ0n) is 12.0. The minimum Gasteiger partial charge on any atom is -0.325 e. The van der Waals surface area contributed by atoms with Gasteiger partial charge in [0, 0.05) is 22.1 Å². The summed E-state index contributed by atoms with van der Waals surface area (Å²) in [6, 6.07) is 4.93. The number of rotatable bonds is 3. The monoisotopic (exact) mass is 340 g/mol. The molecule has 110 valence electrons. The van der Waals surface area contributed by atoms with Gasteiger partial charge in [-0.2, -0.15) is 0 Å². The van der Waals surface area contributed by atoms with Crippen molar-refractivity contribution in [3.63, 3.8) is 0 Å². The molecule has 0 atom stereocenters. The van der Waals surface area contributed by atoms with E-state index in [9.17, 15) is 10.1 Å². The smallest absolute Gasteiger partial charge is 0.270 e. The topological polar surface area (TPSA) is 69.2 Å². The Morgan fingerprint density at radius 1 is 1.30 bits per heavy atom. The average Bonchev–Trinajstić information content (AvgIpc) is 2.36. The molecule has 0 radical (unpaired) electrons. The number of nitrogens with zero attached hydrogens (tertiary/aromatic N) is 1. The van der Waals surface area contributed by atoms with Crippen molar-refractivity contribution in [1.29, 1.82) is 0 Å². The number of hydrogen-bond acceptors (Lipinski definition) is 3. The Balaban J connectivity index is 2.12. The van der Waals surface area contributed by atoms with E-state index in [1.54, 1.807) is 12.1 Å². The Kier molecular flexibility index (Phi) is 4.21. The summed E-state index contributed by atoms with van der Waals surface area (Å²) in [5.74, 6) is 0. The van der Waals surface area contributed by atoms with Crippen molar-refractivity contribution in [1.82, 2.24) is 0 Å². The molecule has 1 fully saturated rings. The summed E-state index contributed by atoms with van der Waals surface area (Å²) in [4.78, 5) is 10.4. The van der Waals surface area contributed by atoms with E-state index < -0.39 is 0 Å². The van der Waals surface area contributed by atoms with Crippen LogP contribution >= 0.6 is 15.9 Å². The van der Waals surface area contributed by atoms with Crippen molar-refractivity contribution in [3.8, 4) is 0 Å². The van der Waals surface area contributed by atoms with Crippen molar-refractivity contribution in [2.24, 2.45) is 11.1 Å². The molecule has 0 saturated heterocycles. The van der Waals surface area contributed by atoms with Crippen LogP contribution in [-0.2, 0) is 6.42 Å². The van der Waals surface area contributed by atoms with Crippen molar-refractivity contribution in [2.75, 3.05) is 0 Å². The first-order chi connectivity index (χ1) is 9.21. The normalized spacial score (nSPS) is 20.6. The van der Waals surface area contributed by atoms with E-state index in [-0.39, 0.29) is 16.1 Å². The van der Waals surface area contributed by atoms with Gasteiger partial charge in [-0.05, 0) is 43.1 Å². The van der Waals surface area contributed by atoms with Crippen LogP contribution in [0.25, 0.3) is 0 Å². The van der Waals surface area contributed by atoms with Crippen LogP contribution in [0.2, 0.25) is 0 Å². The van der Waals surface area contributed by atoms with Crippen molar-refractivity contribution < 1.29 is 4.92 Å². The van der Waals surface area contributed by atoms with Crippen molar-refractivity contribution >= 4 is 21.6 Å². The number of hydrogen-bond donors (Lipinski definition) is 1. The molecule has 0 bridgehead atoms. The molecule has 4 nitrogen and oxygen atoms in total. The highest BCUT2D eigenvalue weighted by atomic mass is 79.9. The molecule has 0 heterocycles. The Labute approximate surface area is 128 Å². The number of nitro groups is 1. The van der Waals surface area contributed by atoms with Crippen molar-refractivity contribution in [3.05, 3.63) is 38.3 Å². The zero-order valence-corrected chi connectivity index (χ0v) is 13.6. The molecule has 0 aliphatic heterocycles. The fourth-order valence-electron chi connectivity index (χ4n) is 2.77. The van der Waals surface area contributed by atoms with E-state index in [0.29, 0.717) is 5.41 Å². The molecule has 2 rings (SSSR count). The van der Waals surface area contributed by atoms with E-state index in [1.165, 1.54) is 0 Å². The fraction of sp³-hybridized carbons (Fsp3) is 0.600. The van der Waals surface area contributed by atoms with E-state index in [2.05, 4.69) is 29.8 Å². The molecule has 1 aromatic rings. The van der Waals surface area contributed by atoms with Crippen LogP contribution in [0.1, 0.15) is 45.1 Å². The Hall–Kier alpha value is -0.940. The predicted molar refractivity (Wildman–Crippen MR) is 83.7 cm³/mol. The molecule has 1 saturated carbocycles. The van der Waals surface area contributed by atoms with E-state index in [0.717, 1.165) is 42.1 Å². The maximum Gasteiger partial charge on any atom is 0.270 e. The molecule has 0 unspecified atom stereocenters. The summed E-state index contributed by atoms with van der Waals surface area (Å²) in [6.45, 7) is 4.57. The number of nitro benzene ring substituents is 1.